The van der Waals surface area contributed by atoms with Crippen molar-refractivity contribution in [2.45, 2.75) is 6.92 Å². The summed E-state index contributed by atoms with van der Waals surface area (Å²) in [5, 5.41) is 2.17. The zero-order valence-corrected chi connectivity index (χ0v) is 28.0. The molecule has 0 radical (unpaired) electrons. The largest absolute Gasteiger partial charge is 0.251 e. The number of aryl methyl sites for hydroxylation is 1. The summed E-state index contributed by atoms with van der Waals surface area (Å²) in [5.41, 5.74) is 14.1. The molecule has 0 aliphatic rings. The van der Waals surface area contributed by atoms with Crippen LogP contribution < -0.4 is 0 Å². The van der Waals surface area contributed by atoms with Crippen LogP contribution in [0.2, 0.25) is 0 Å². The summed E-state index contributed by atoms with van der Waals surface area (Å²) in [6, 6.07) is 61.1. The van der Waals surface area contributed by atoms with Crippen LogP contribution in [-0.4, -0.2) is 19.9 Å². The molecule has 0 aliphatic carbocycles. The molecule has 3 aromatic heterocycles. The van der Waals surface area contributed by atoms with Gasteiger partial charge in [-0.1, -0.05) is 146 Å². The van der Waals surface area contributed by atoms with E-state index in [-0.39, 0.29) is 0 Å². The number of fused-ring (bicyclic) bond motifs is 3. The van der Waals surface area contributed by atoms with E-state index in [9.17, 15) is 0 Å². The Balaban J connectivity index is 1.17. The molecule has 0 saturated heterocycles. The summed E-state index contributed by atoms with van der Waals surface area (Å²) in [5.74, 6) is 0.702. The Kier molecular flexibility index (Phi) is 7.67. The lowest BCUT2D eigenvalue weighted by atomic mass is 9.95. The highest BCUT2D eigenvalue weighted by atomic mass is 14.9. The van der Waals surface area contributed by atoms with Crippen molar-refractivity contribution in [1.82, 2.24) is 19.9 Å². The second kappa shape index (κ2) is 12.9. The van der Waals surface area contributed by atoms with Gasteiger partial charge in [-0.05, 0) is 59.5 Å². The van der Waals surface area contributed by atoms with Crippen LogP contribution in [0.25, 0.3) is 89.2 Å². The number of nitrogens with zero attached hydrogens (tertiary/aromatic N) is 4. The molecule has 4 nitrogen and oxygen atoms in total. The Bertz CT molecular complexity index is 2630. The molecule has 0 bridgehead atoms. The SMILES string of the molecule is Cc1ccc2ccc3c(-c4ccccc4)cc(-c4cccc(-c5cccc(-c6cc(-c7ccccc7)nc(-c7ccccc7)n6)c5)c4)nc3c2n1. The van der Waals surface area contributed by atoms with E-state index in [0.29, 0.717) is 5.82 Å². The molecule has 240 valence electrons. The van der Waals surface area contributed by atoms with Crippen molar-refractivity contribution in [3.63, 3.8) is 0 Å². The zero-order valence-electron chi connectivity index (χ0n) is 28.0. The predicted molar refractivity (Wildman–Crippen MR) is 210 cm³/mol. The van der Waals surface area contributed by atoms with E-state index in [4.69, 9.17) is 19.9 Å². The van der Waals surface area contributed by atoms with Gasteiger partial charge >= 0.3 is 0 Å². The maximum absolute atomic E-state index is 5.30. The van der Waals surface area contributed by atoms with Crippen LogP contribution >= 0.6 is 0 Å². The molecule has 0 amide bonds. The number of pyridine rings is 2. The van der Waals surface area contributed by atoms with Crippen molar-refractivity contribution < 1.29 is 0 Å². The standard InChI is InChI=1S/C47H32N4/c1-31-23-24-34-25-26-40-41(32-13-5-2-6-14-32)29-42(49-46(40)45(34)48-31)38-21-11-19-36(27-38)37-20-12-22-39(28-37)44-30-43(33-15-7-3-8-16-33)50-47(51-44)35-17-9-4-10-18-35/h2-30H,1H3. The summed E-state index contributed by atoms with van der Waals surface area (Å²) >= 11 is 0. The molecular formula is C47H32N4. The first-order valence-electron chi connectivity index (χ1n) is 17.1. The molecule has 0 fully saturated rings. The fraction of sp³-hybridized carbons (Fsp3) is 0.0213. The van der Waals surface area contributed by atoms with Gasteiger partial charge in [0.1, 0.15) is 0 Å². The summed E-state index contributed by atoms with van der Waals surface area (Å²) in [4.78, 5) is 20.3. The normalized spacial score (nSPS) is 11.2. The number of rotatable bonds is 6. The molecule has 0 spiro atoms. The fourth-order valence-electron chi connectivity index (χ4n) is 6.76. The van der Waals surface area contributed by atoms with Crippen molar-refractivity contribution in [2.24, 2.45) is 0 Å². The van der Waals surface area contributed by atoms with Crippen LogP contribution in [0.3, 0.4) is 0 Å². The van der Waals surface area contributed by atoms with Gasteiger partial charge in [0.05, 0.1) is 28.1 Å². The molecule has 0 saturated carbocycles. The molecule has 9 rings (SSSR count). The van der Waals surface area contributed by atoms with Crippen LogP contribution in [0.5, 0.6) is 0 Å². The molecule has 9 aromatic rings. The summed E-state index contributed by atoms with van der Waals surface area (Å²) in [6.45, 7) is 2.03. The van der Waals surface area contributed by atoms with Gasteiger partial charge in [0.25, 0.3) is 0 Å². The number of aromatic nitrogens is 4. The van der Waals surface area contributed by atoms with Gasteiger partial charge in [-0.2, -0.15) is 0 Å². The average molecular weight is 653 g/mol. The molecule has 0 atom stereocenters. The Morgan fingerprint density at radius 3 is 1.49 bits per heavy atom. The second-order valence-electron chi connectivity index (χ2n) is 12.8. The molecule has 6 aromatic carbocycles. The molecule has 0 aliphatic heterocycles. The molecule has 4 heteroatoms. The zero-order chi connectivity index (χ0) is 34.1. The Morgan fingerprint density at radius 1 is 0.333 bits per heavy atom. The van der Waals surface area contributed by atoms with Gasteiger partial charge in [-0.25, -0.2) is 15.0 Å². The number of hydrogen-bond donors (Lipinski definition) is 0. The number of benzene rings is 6. The van der Waals surface area contributed by atoms with Gasteiger partial charge in [-0.3, -0.25) is 4.98 Å². The lowest BCUT2D eigenvalue weighted by Gasteiger charge is -2.13. The highest BCUT2D eigenvalue weighted by Gasteiger charge is 2.15. The highest BCUT2D eigenvalue weighted by Crippen LogP contribution is 2.37. The monoisotopic (exact) mass is 652 g/mol. The van der Waals surface area contributed by atoms with Crippen LogP contribution in [0.1, 0.15) is 5.69 Å². The van der Waals surface area contributed by atoms with Crippen molar-refractivity contribution in [3.8, 4) is 67.4 Å². The fourth-order valence-corrected chi connectivity index (χ4v) is 6.76. The van der Waals surface area contributed by atoms with Crippen molar-refractivity contribution in [2.75, 3.05) is 0 Å². The third kappa shape index (κ3) is 5.94. The Labute approximate surface area is 296 Å². The van der Waals surface area contributed by atoms with Crippen LogP contribution in [0, 0.1) is 6.92 Å². The Morgan fingerprint density at radius 2 is 0.843 bits per heavy atom. The lowest BCUT2D eigenvalue weighted by Crippen LogP contribution is -1.96. The van der Waals surface area contributed by atoms with Gasteiger partial charge in [0.2, 0.25) is 0 Å². The quantitative estimate of drug-likeness (QED) is 0.168. The van der Waals surface area contributed by atoms with E-state index in [2.05, 4.69) is 140 Å². The number of hydrogen-bond acceptors (Lipinski definition) is 4. The van der Waals surface area contributed by atoms with Gasteiger partial charge in [0.15, 0.2) is 5.82 Å². The van der Waals surface area contributed by atoms with Gasteiger partial charge < -0.3 is 0 Å². The van der Waals surface area contributed by atoms with E-state index in [1.165, 1.54) is 0 Å². The first-order chi connectivity index (χ1) is 25.2. The smallest absolute Gasteiger partial charge is 0.160 e. The predicted octanol–water partition coefficient (Wildman–Crippen LogP) is 11.9. The van der Waals surface area contributed by atoms with Gasteiger partial charge in [0, 0.05) is 38.7 Å². The minimum atomic E-state index is 0.702. The molecule has 0 unspecified atom stereocenters. The summed E-state index contributed by atoms with van der Waals surface area (Å²) in [6.07, 6.45) is 0. The van der Waals surface area contributed by atoms with E-state index in [0.717, 1.165) is 89.1 Å². The topological polar surface area (TPSA) is 51.6 Å². The van der Waals surface area contributed by atoms with Crippen LogP contribution in [-0.2, 0) is 0 Å². The first-order valence-corrected chi connectivity index (χ1v) is 17.1. The molecule has 3 heterocycles. The van der Waals surface area contributed by atoms with E-state index < -0.39 is 0 Å². The van der Waals surface area contributed by atoms with Crippen molar-refractivity contribution >= 4 is 21.8 Å². The van der Waals surface area contributed by atoms with E-state index in [1.807, 2.05) is 43.3 Å². The maximum Gasteiger partial charge on any atom is 0.160 e. The van der Waals surface area contributed by atoms with Crippen molar-refractivity contribution in [1.29, 1.82) is 0 Å². The third-order valence-corrected chi connectivity index (χ3v) is 9.34. The Hall–Kier alpha value is -6.78. The summed E-state index contributed by atoms with van der Waals surface area (Å²) < 4.78 is 0. The third-order valence-electron chi connectivity index (χ3n) is 9.34. The lowest BCUT2D eigenvalue weighted by molar-refractivity contribution is 1.18. The highest BCUT2D eigenvalue weighted by molar-refractivity contribution is 6.09. The second-order valence-corrected chi connectivity index (χ2v) is 12.8. The minimum Gasteiger partial charge on any atom is -0.251 e. The van der Waals surface area contributed by atoms with Crippen LogP contribution in [0.15, 0.2) is 176 Å². The van der Waals surface area contributed by atoms with E-state index >= 15 is 0 Å². The van der Waals surface area contributed by atoms with E-state index in [1.54, 1.807) is 0 Å². The molecule has 51 heavy (non-hydrogen) atoms. The minimum absolute atomic E-state index is 0.702. The molecule has 0 N–H and O–H groups in total. The van der Waals surface area contributed by atoms with Crippen LogP contribution in [0.4, 0.5) is 0 Å². The molecular weight excluding hydrogens is 621 g/mol. The van der Waals surface area contributed by atoms with Gasteiger partial charge in [-0.15, -0.1) is 0 Å². The average Bonchev–Trinajstić information content (AvgIpc) is 3.21. The van der Waals surface area contributed by atoms with Crippen molar-refractivity contribution in [3.05, 3.63) is 182 Å². The maximum atomic E-state index is 5.30. The first kappa shape index (κ1) is 30.3. The summed E-state index contributed by atoms with van der Waals surface area (Å²) in [7, 11) is 0.